The topological polar surface area (TPSA) is 84.4 Å². The molecule has 0 bridgehead atoms. The average molecular weight is 376 g/mol. The van der Waals surface area contributed by atoms with Crippen molar-refractivity contribution >= 4 is 17.5 Å². The summed E-state index contributed by atoms with van der Waals surface area (Å²) in [6.07, 6.45) is -0.299. The van der Waals surface area contributed by atoms with Crippen LogP contribution in [0, 0.1) is 18.6 Å². The minimum absolute atomic E-state index is 0.102. The van der Waals surface area contributed by atoms with Crippen LogP contribution in [-0.4, -0.2) is 41.6 Å². The van der Waals surface area contributed by atoms with Crippen LogP contribution in [0.25, 0.3) is 0 Å². The van der Waals surface area contributed by atoms with Gasteiger partial charge in [0.15, 0.2) is 23.1 Å². The molecule has 9 heteroatoms. The van der Waals surface area contributed by atoms with Crippen LogP contribution in [0.5, 0.6) is 5.75 Å². The van der Waals surface area contributed by atoms with Gasteiger partial charge in [-0.15, -0.1) is 0 Å². The summed E-state index contributed by atoms with van der Waals surface area (Å²) in [4.78, 5) is 25.5. The first-order chi connectivity index (χ1) is 12.9. The zero-order valence-electron chi connectivity index (χ0n) is 14.7. The molecule has 1 aromatic carbocycles. The lowest BCUT2D eigenvalue weighted by molar-refractivity contribution is 0.0928. The van der Waals surface area contributed by atoms with Crippen molar-refractivity contribution in [3.05, 3.63) is 46.8 Å². The van der Waals surface area contributed by atoms with E-state index in [2.05, 4.69) is 16.0 Å². The van der Waals surface area contributed by atoms with Gasteiger partial charge >= 0.3 is 0 Å². The number of nitrogens with one attached hydrogen (secondary N) is 3. The highest BCUT2D eigenvalue weighted by Crippen LogP contribution is 2.34. The lowest BCUT2D eigenvalue weighted by atomic mass is 10.2. The third-order valence-corrected chi connectivity index (χ3v) is 5.01. The highest BCUT2D eigenvalue weighted by molar-refractivity contribution is 6.09. The molecule has 4 rings (SSSR count). The van der Waals surface area contributed by atoms with E-state index >= 15 is 0 Å². The average Bonchev–Trinajstić information content (AvgIpc) is 3.10. The molecule has 7 nitrogen and oxygen atoms in total. The van der Waals surface area contributed by atoms with Crippen molar-refractivity contribution < 1.29 is 23.1 Å². The Kier molecular flexibility index (Phi) is 4.11. The lowest BCUT2D eigenvalue weighted by Gasteiger charge is -2.18. The van der Waals surface area contributed by atoms with Crippen LogP contribution in [0.3, 0.4) is 0 Å². The molecular formula is C18H18F2N4O3. The first-order valence-electron chi connectivity index (χ1n) is 8.50. The predicted molar refractivity (Wildman–Crippen MR) is 93.0 cm³/mol. The molecule has 142 valence electrons. The number of amides is 2. The standard InChI is InChI=1S/C18H18F2N4O3/c1-8-14-16(27-13-7-21-6-12(13)23-17(14)25)15(24(8)2)18(26)22-9-3-4-10(19)11(20)5-9/h3-5,12-13,21H,6-7H2,1-2H3,(H,22,26)(H,23,25). The molecule has 1 fully saturated rings. The summed E-state index contributed by atoms with van der Waals surface area (Å²) in [5, 5.41) is 8.59. The molecule has 2 amide bonds. The van der Waals surface area contributed by atoms with Crippen molar-refractivity contribution in [3.8, 4) is 5.75 Å². The second-order valence-corrected chi connectivity index (χ2v) is 6.67. The van der Waals surface area contributed by atoms with Gasteiger partial charge in [0, 0.05) is 37.6 Å². The van der Waals surface area contributed by atoms with E-state index in [1.807, 2.05) is 0 Å². The molecule has 2 atom stereocenters. The van der Waals surface area contributed by atoms with Crippen LogP contribution in [0.4, 0.5) is 14.5 Å². The minimum Gasteiger partial charge on any atom is -0.484 e. The second-order valence-electron chi connectivity index (χ2n) is 6.67. The molecule has 1 aromatic heterocycles. The summed E-state index contributed by atoms with van der Waals surface area (Å²) in [5.41, 5.74) is 1.13. The summed E-state index contributed by atoms with van der Waals surface area (Å²) < 4.78 is 34.1. The molecule has 3 N–H and O–H groups in total. The van der Waals surface area contributed by atoms with Crippen LogP contribution in [0.2, 0.25) is 0 Å². The Morgan fingerprint density at radius 2 is 2.07 bits per heavy atom. The second kappa shape index (κ2) is 6.34. The van der Waals surface area contributed by atoms with Gasteiger partial charge in [0.25, 0.3) is 11.8 Å². The normalized spacial score (nSPS) is 21.0. The van der Waals surface area contributed by atoms with E-state index in [0.29, 0.717) is 24.3 Å². The number of benzene rings is 1. The molecule has 0 saturated carbocycles. The number of fused-ring (bicyclic) bond motifs is 2. The maximum absolute atomic E-state index is 13.4. The molecular weight excluding hydrogens is 358 g/mol. The van der Waals surface area contributed by atoms with Crippen LogP contribution < -0.4 is 20.7 Å². The van der Waals surface area contributed by atoms with Crippen LogP contribution >= 0.6 is 0 Å². The molecule has 2 aromatic rings. The van der Waals surface area contributed by atoms with E-state index < -0.39 is 17.5 Å². The number of carbonyl (C=O) groups is 2. The lowest BCUT2D eigenvalue weighted by Crippen LogP contribution is -2.43. The van der Waals surface area contributed by atoms with E-state index in [4.69, 9.17) is 4.74 Å². The Bertz CT molecular complexity index is 957. The molecule has 27 heavy (non-hydrogen) atoms. The Balaban J connectivity index is 1.73. The van der Waals surface area contributed by atoms with E-state index in [0.717, 1.165) is 12.1 Å². The van der Waals surface area contributed by atoms with Gasteiger partial charge in [-0.05, 0) is 19.1 Å². The Morgan fingerprint density at radius 3 is 2.81 bits per heavy atom. The quantitative estimate of drug-likeness (QED) is 0.738. The van der Waals surface area contributed by atoms with E-state index in [1.165, 1.54) is 6.07 Å². The fraction of sp³-hybridized carbons (Fsp3) is 0.333. The first-order valence-corrected chi connectivity index (χ1v) is 8.50. The number of carbonyl (C=O) groups excluding carboxylic acids is 2. The third-order valence-electron chi connectivity index (χ3n) is 5.01. The summed E-state index contributed by atoms with van der Waals surface area (Å²) >= 11 is 0. The van der Waals surface area contributed by atoms with Gasteiger partial charge in [0.1, 0.15) is 11.7 Å². The third kappa shape index (κ3) is 2.84. The Morgan fingerprint density at radius 1 is 1.30 bits per heavy atom. The van der Waals surface area contributed by atoms with Gasteiger partial charge in [-0.3, -0.25) is 9.59 Å². The molecule has 0 aliphatic carbocycles. The van der Waals surface area contributed by atoms with E-state index in [1.54, 1.807) is 18.5 Å². The van der Waals surface area contributed by atoms with Crippen molar-refractivity contribution in [2.24, 2.45) is 7.05 Å². The summed E-state index contributed by atoms with van der Waals surface area (Å²) in [6, 6.07) is 2.90. The first kappa shape index (κ1) is 17.5. The number of halogens is 2. The SMILES string of the molecule is Cc1c2c(c(C(=O)Nc3ccc(F)c(F)c3)n1C)OC1CNCC1NC2=O. The molecule has 2 aliphatic rings. The molecule has 3 heterocycles. The maximum atomic E-state index is 13.4. The molecule has 0 radical (unpaired) electrons. The number of rotatable bonds is 2. The zero-order chi connectivity index (χ0) is 19.3. The van der Waals surface area contributed by atoms with Gasteiger partial charge in [-0.25, -0.2) is 8.78 Å². The van der Waals surface area contributed by atoms with Gasteiger partial charge in [0.2, 0.25) is 0 Å². The number of ether oxygens (including phenoxy) is 1. The van der Waals surface area contributed by atoms with Crippen molar-refractivity contribution in [2.45, 2.75) is 19.1 Å². The van der Waals surface area contributed by atoms with Crippen molar-refractivity contribution in [1.82, 2.24) is 15.2 Å². The van der Waals surface area contributed by atoms with Crippen LogP contribution in [0.1, 0.15) is 26.5 Å². The fourth-order valence-corrected chi connectivity index (χ4v) is 3.49. The largest absolute Gasteiger partial charge is 0.484 e. The van der Waals surface area contributed by atoms with Gasteiger partial charge in [-0.1, -0.05) is 0 Å². The molecule has 2 aliphatic heterocycles. The number of aromatic nitrogens is 1. The smallest absolute Gasteiger partial charge is 0.276 e. The predicted octanol–water partition coefficient (Wildman–Crippen LogP) is 1.33. The van der Waals surface area contributed by atoms with Crippen LogP contribution in [0.15, 0.2) is 18.2 Å². The molecule has 2 unspecified atom stereocenters. The highest BCUT2D eigenvalue weighted by atomic mass is 19.2. The number of anilines is 1. The van der Waals surface area contributed by atoms with E-state index in [-0.39, 0.29) is 35.2 Å². The van der Waals surface area contributed by atoms with Gasteiger partial charge in [-0.2, -0.15) is 0 Å². The fourth-order valence-electron chi connectivity index (χ4n) is 3.49. The Hall–Kier alpha value is -2.94. The zero-order valence-corrected chi connectivity index (χ0v) is 14.7. The number of hydrogen-bond acceptors (Lipinski definition) is 4. The highest BCUT2D eigenvalue weighted by Gasteiger charge is 2.39. The van der Waals surface area contributed by atoms with Crippen LogP contribution in [-0.2, 0) is 7.05 Å². The number of hydrogen-bond donors (Lipinski definition) is 3. The summed E-state index contributed by atoms with van der Waals surface area (Å²) in [5.74, 6) is -2.75. The summed E-state index contributed by atoms with van der Waals surface area (Å²) in [7, 11) is 1.64. The molecule has 0 spiro atoms. The van der Waals surface area contributed by atoms with Crippen molar-refractivity contribution in [2.75, 3.05) is 18.4 Å². The van der Waals surface area contributed by atoms with Gasteiger partial charge in [0.05, 0.1) is 6.04 Å². The van der Waals surface area contributed by atoms with Gasteiger partial charge < -0.3 is 25.3 Å². The molecule has 1 saturated heterocycles. The van der Waals surface area contributed by atoms with Crippen molar-refractivity contribution in [1.29, 1.82) is 0 Å². The summed E-state index contributed by atoms with van der Waals surface area (Å²) in [6.45, 7) is 2.85. The number of nitrogens with zero attached hydrogens (tertiary/aromatic N) is 1. The van der Waals surface area contributed by atoms with E-state index in [9.17, 15) is 18.4 Å². The Labute approximate surface area is 153 Å². The monoisotopic (exact) mass is 376 g/mol. The van der Waals surface area contributed by atoms with Crippen molar-refractivity contribution in [3.63, 3.8) is 0 Å². The maximum Gasteiger partial charge on any atom is 0.276 e. The minimum atomic E-state index is -1.06.